The van der Waals surface area contributed by atoms with E-state index in [0.717, 1.165) is 22.9 Å². The molecule has 19 heavy (non-hydrogen) atoms. The molecule has 1 saturated heterocycles. The molecule has 0 bridgehead atoms. The van der Waals surface area contributed by atoms with Crippen molar-refractivity contribution in [3.05, 3.63) is 29.3 Å². The third kappa shape index (κ3) is 2.69. The molecule has 0 spiro atoms. The predicted octanol–water partition coefficient (Wildman–Crippen LogP) is 2.31. The van der Waals surface area contributed by atoms with Crippen LogP contribution >= 0.6 is 11.3 Å². The molecule has 3 rings (SSSR count). The van der Waals surface area contributed by atoms with E-state index in [1.54, 1.807) is 11.3 Å². The van der Waals surface area contributed by atoms with Crippen LogP contribution in [0, 0.1) is 5.92 Å². The fourth-order valence-electron chi connectivity index (χ4n) is 2.33. The van der Waals surface area contributed by atoms with Crippen LogP contribution in [-0.2, 0) is 11.3 Å². The molecule has 5 nitrogen and oxygen atoms in total. The van der Waals surface area contributed by atoms with E-state index in [1.165, 1.54) is 0 Å². The smallest absolute Gasteiger partial charge is 0.307 e. The zero-order valence-electron chi connectivity index (χ0n) is 10.3. The number of aromatic nitrogens is 1. The van der Waals surface area contributed by atoms with Gasteiger partial charge in [0.05, 0.1) is 16.5 Å². The van der Waals surface area contributed by atoms with Gasteiger partial charge in [-0.15, -0.1) is 11.3 Å². The van der Waals surface area contributed by atoms with Gasteiger partial charge in [0.1, 0.15) is 0 Å². The van der Waals surface area contributed by atoms with Crippen molar-refractivity contribution < 1.29 is 14.4 Å². The Kier molecular flexibility index (Phi) is 3.35. The Morgan fingerprint density at radius 3 is 3.21 bits per heavy atom. The summed E-state index contributed by atoms with van der Waals surface area (Å²) in [5.74, 6) is -0.176. The van der Waals surface area contributed by atoms with Crippen molar-refractivity contribution in [2.75, 3.05) is 13.1 Å². The van der Waals surface area contributed by atoms with E-state index in [9.17, 15) is 4.79 Å². The highest BCUT2D eigenvalue weighted by molar-refractivity contribution is 7.13. The summed E-state index contributed by atoms with van der Waals surface area (Å²) in [5.41, 5.74) is 0.856. The minimum Gasteiger partial charge on any atom is -0.481 e. The van der Waals surface area contributed by atoms with Crippen molar-refractivity contribution in [3.8, 4) is 10.6 Å². The molecular formula is C13H14N2O3S. The van der Waals surface area contributed by atoms with Gasteiger partial charge in [-0.05, 0) is 24.4 Å². The van der Waals surface area contributed by atoms with Gasteiger partial charge in [0.25, 0.3) is 0 Å². The van der Waals surface area contributed by atoms with Crippen molar-refractivity contribution >= 4 is 17.3 Å². The SMILES string of the molecule is O=C(O)C1CCN(Cc2cc(-c3cccs3)on2)C1. The zero-order chi connectivity index (χ0) is 13.2. The molecule has 1 N–H and O–H groups in total. The van der Waals surface area contributed by atoms with Crippen LogP contribution in [0.15, 0.2) is 28.1 Å². The summed E-state index contributed by atoms with van der Waals surface area (Å²) in [4.78, 5) is 14.1. The molecule has 0 saturated carbocycles. The summed E-state index contributed by atoms with van der Waals surface area (Å²) in [6.07, 6.45) is 0.713. The van der Waals surface area contributed by atoms with Crippen LogP contribution in [0.2, 0.25) is 0 Å². The van der Waals surface area contributed by atoms with Crippen LogP contribution < -0.4 is 0 Å². The Morgan fingerprint density at radius 1 is 1.63 bits per heavy atom. The first-order chi connectivity index (χ1) is 9.22. The number of thiophene rings is 1. The zero-order valence-corrected chi connectivity index (χ0v) is 11.1. The quantitative estimate of drug-likeness (QED) is 0.929. The van der Waals surface area contributed by atoms with Crippen LogP contribution in [0.3, 0.4) is 0 Å². The molecule has 1 fully saturated rings. The van der Waals surface area contributed by atoms with Gasteiger partial charge in [-0.2, -0.15) is 0 Å². The fourth-order valence-corrected chi connectivity index (χ4v) is 3.00. The predicted molar refractivity (Wildman–Crippen MR) is 70.8 cm³/mol. The number of hydrogen-bond acceptors (Lipinski definition) is 5. The summed E-state index contributed by atoms with van der Waals surface area (Å²) in [5, 5.41) is 15.0. The average molecular weight is 278 g/mol. The highest BCUT2D eigenvalue weighted by atomic mass is 32.1. The standard InChI is InChI=1S/C13H14N2O3S/c16-13(17)9-3-4-15(7-9)8-10-6-11(18-14-10)12-2-1-5-19-12/h1-2,5-6,9H,3-4,7-8H2,(H,16,17). The Bertz CT molecular complexity index is 564. The molecule has 1 aliphatic rings. The second-order valence-corrected chi connectivity index (χ2v) is 5.67. The molecule has 100 valence electrons. The van der Waals surface area contributed by atoms with E-state index in [2.05, 4.69) is 10.1 Å². The van der Waals surface area contributed by atoms with E-state index in [4.69, 9.17) is 9.63 Å². The van der Waals surface area contributed by atoms with Gasteiger partial charge < -0.3 is 9.63 Å². The van der Waals surface area contributed by atoms with E-state index < -0.39 is 5.97 Å². The first-order valence-corrected chi connectivity index (χ1v) is 7.05. The maximum Gasteiger partial charge on any atom is 0.307 e. The Morgan fingerprint density at radius 2 is 2.53 bits per heavy atom. The van der Waals surface area contributed by atoms with Gasteiger partial charge in [-0.25, -0.2) is 0 Å². The Labute approximate surface area is 114 Å². The van der Waals surface area contributed by atoms with Gasteiger partial charge in [-0.3, -0.25) is 9.69 Å². The Balaban J connectivity index is 1.64. The van der Waals surface area contributed by atoms with E-state index in [0.29, 0.717) is 19.5 Å². The van der Waals surface area contributed by atoms with Crippen LogP contribution in [0.1, 0.15) is 12.1 Å². The van der Waals surface area contributed by atoms with Crippen molar-refractivity contribution in [1.29, 1.82) is 0 Å². The molecule has 2 aromatic heterocycles. The molecule has 6 heteroatoms. The molecule has 1 atom stereocenters. The number of nitrogens with zero attached hydrogens (tertiary/aromatic N) is 2. The molecule has 1 unspecified atom stereocenters. The monoisotopic (exact) mass is 278 g/mol. The number of rotatable bonds is 4. The van der Waals surface area contributed by atoms with Crippen molar-refractivity contribution in [2.24, 2.45) is 5.92 Å². The second kappa shape index (κ2) is 5.14. The molecule has 0 radical (unpaired) electrons. The highest BCUT2D eigenvalue weighted by Gasteiger charge is 2.28. The first-order valence-electron chi connectivity index (χ1n) is 6.17. The molecule has 2 aromatic rings. The van der Waals surface area contributed by atoms with Crippen molar-refractivity contribution in [3.63, 3.8) is 0 Å². The number of aliphatic carboxylic acids is 1. The van der Waals surface area contributed by atoms with Gasteiger partial charge in [0.15, 0.2) is 5.76 Å². The lowest BCUT2D eigenvalue weighted by molar-refractivity contribution is -0.141. The molecule has 0 aromatic carbocycles. The van der Waals surface area contributed by atoms with Crippen molar-refractivity contribution in [1.82, 2.24) is 10.1 Å². The van der Waals surface area contributed by atoms with Crippen LogP contribution in [0.4, 0.5) is 0 Å². The highest BCUT2D eigenvalue weighted by Crippen LogP contribution is 2.26. The number of carboxylic acid groups (broad SMARTS) is 1. The molecule has 1 aliphatic heterocycles. The van der Waals surface area contributed by atoms with Gasteiger partial charge in [0, 0.05) is 19.2 Å². The van der Waals surface area contributed by atoms with Crippen LogP contribution in [-0.4, -0.2) is 34.2 Å². The minimum atomic E-state index is -0.707. The minimum absolute atomic E-state index is 0.247. The maximum absolute atomic E-state index is 10.9. The molecule has 3 heterocycles. The fraction of sp³-hybridized carbons (Fsp3) is 0.385. The summed E-state index contributed by atoms with van der Waals surface area (Å²) < 4.78 is 5.31. The summed E-state index contributed by atoms with van der Waals surface area (Å²) in [6, 6.07) is 5.89. The number of hydrogen-bond donors (Lipinski definition) is 1. The van der Waals surface area contributed by atoms with E-state index in [-0.39, 0.29) is 5.92 Å². The second-order valence-electron chi connectivity index (χ2n) is 4.72. The number of likely N-dealkylation sites (tertiary alicyclic amines) is 1. The summed E-state index contributed by atoms with van der Waals surface area (Å²) in [7, 11) is 0. The molecular weight excluding hydrogens is 264 g/mol. The van der Waals surface area contributed by atoms with Crippen LogP contribution in [0.5, 0.6) is 0 Å². The van der Waals surface area contributed by atoms with E-state index >= 15 is 0 Å². The molecule has 0 aliphatic carbocycles. The summed E-state index contributed by atoms with van der Waals surface area (Å²) >= 11 is 1.61. The van der Waals surface area contributed by atoms with Crippen LogP contribution in [0.25, 0.3) is 10.6 Å². The first kappa shape index (κ1) is 12.4. The molecule has 0 amide bonds. The summed E-state index contributed by atoms with van der Waals surface area (Å²) in [6.45, 7) is 2.05. The van der Waals surface area contributed by atoms with Gasteiger partial charge in [-0.1, -0.05) is 11.2 Å². The van der Waals surface area contributed by atoms with Gasteiger partial charge in [0.2, 0.25) is 0 Å². The van der Waals surface area contributed by atoms with Crippen molar-refractivity contribution in [2.45, 2.75) is 13.0 Å². The average Bonchev–Trinajstić information content (AvgIpc) is 3.09. The lowest BCUT2D eigenvalue weighted by Gasteiger charge is -2.12. The largest absolute Gasteiger partial charge is 0.481 e. The van der Waals surface area contributed by atoms with Gasteiger partial charge >= 0.3 is 5.97 Å². The number of carbonyl (C=O) groups is 1. The lowest BCUT2D eigenvalue weighted by atomic mass is 10.1. The number of carboxylic acids is 1. The normalized spacial score (nSPS) is 19.9. The third-order valence-corrected chi connectivity index (χ3v) is 4.21. The lowest BCUT2D eigenvalue weighted by Crippen LogP contribution is -2.22. The maximum atomic E-state index is 10.9. The third-order valence-electron chi connectivity index (χ3n) is 3.33. The topological polar surface area (TPSA) is 66.6 Å². The Hall–Kier alpha value is -1.66. The van der Waals surface area contributed by atoms with E-state index in [1.807, 2.05) is 23.6 Å².